The molecule has 0 aromatic heterocycles. The topological polar surface area (TPSA) is 125 Å². The van der Waals surface area contributed by atoms with Gasteiger partial charge in [-0.3, -0.25) is 9.59 Å². The Hall–Kier alpha value is -1.84. The highest BCUT2D eigenvalue weighted by Gasteiger charge is 2.66. The van der Waals surface area contributed by atoms with Crippen LogP contribution in [0.15, 0.2) is 35.5 Å². The van der Waals surface area contributed by atoms with E-state index in [-0.39, 0.29) is 41.2 Å². The fraction of sp³-hybridized carbons (Fsp3) is 0.758. The van der Waals surface area contributed by atoms with Crippen molar-refractivity contribution < 1.29 is 34.4 Å². The Balaban J connectivity index is 1.31. The average Bonchev–Trinajstić information content (AvgIpc) is 3.24. The molecule has 0 spiro atoms. The molecule has 1 aliphatic heterocycles. The minimum atomic E-state index is -1.25. The van der Waals surface area contributed by atoms with E-state index < -0.39 is 30.1 Å². The fourth-order valence-electron chi connectivity index (χ4n) is 9.35. The normalized spacial score (nSPS) is 46.3. The van der Waals surface area contributed by atoms with E-state index in [9.17, 15) is 24.9 Å². The Morgan fingerprint density at radius 2 is 1.88 bits per heavy atom. The predicted octanol–water partition coefficient (Wildman–Crippen LogP) is 3.74. The Labute approximate surface area is 244 Å². The molecular weight excluding hydrogens is 522 g/mol. The fourth-order valence-corrected chi connectivity index (χ4v) is 9.35. The van der Waals surface area contributed by atoms with Gasteiger partial charge in [-0.25, -0.2) is 0 Å². The highest BCUT2D eigenvalue weighted by molar-refractivity contribution is 5.89. The lowest BCUT2D eigenvalue weighted by molar-refractivity contribution is -0.261. The van der Waals surface area contributed by atoms with Gasteiger partial charge in [-0.2, -0.15) is 0 Å². The number of aliphatic hydroxyl groups is 3. The van der Waals surface area contributed by atoms with Crippen LogP contribution in [0, 0.1) is 28.6 Å². The molecule has 1 heterocycles. The number of amides is 1. The van der Waals surface area contributed by atoms with Gasteiger partial charge in [0, 0.05) is 11.8 Å². The van der Waals surface area contributed by atoms with Crippen molar-refractivity contribution in [3.63, 3.8) is 0 Å². The van der Waals surface area contributed by atoms with Crippen LogP contribution < -0.4 is 5.32 Å². The first-order valence-electron chi connectivity index (χ1n) is 15.7. The number of rotatable bonds is 8. The summed E-state index contributed by atoms with van der Waals surface area (Å²) in [5, 5.41) is 36.0. The molecule has 1 saturated heterocycles. The van der Waals surface area contributed by atoms with Crippen molar-refractivity contribution in [3.8, 4) is 0 Å². The van der Waals surface area contributed by atoms with E-state index in [1.54, 1.807) is 6.08 Å². The Bertz CT molecular complexity index is 1100. The first-order valence-corrected chi connectivity index (χ1v) is 15.7. The largest absolute Gasteiger partial charge is 0.389 e. The smallest absolute Gasteiger partial charge is 0.207 e. The van der Waals surface area contributed by atoms with E-state index in [0.29, 0.717) is 18.7 Å². The van der Waals surface area contributed by atoms with Gasteiger partial charge in [0.15, 0.2) is 12.1 Å². The van der Waals surface area contributed by atoms with Crippen molar-refractivity contribution in [2.45, 2.75) is 122 Å². The molecule has 228 valence electrons. The van der Waals surface area contributed by atoms with Gasteiger partial charge in [0.1, 0.15) is 12.2 Å². The predicted molar refractivity (Wildman–Crippen MR) is 154 cm³/mol. The van der Waals surface area contributed by atoms with Gasteiger partial charge >= 0.3 is 0 Å². The highest BCUT2D eigenvalue weighted by atomic mass is 16.7. The van der Waals surface area contributed by atoms with Crippen LogP contribution in [0.4, 0.5) is 0 Å². The average molecular weight is 572 g/mol. The van der Waals surface area contributed by atoms with Crippen molar-refractivity contribution in [2.24, 2.45) is 28.6 Å². The molecule has 8 heteroatoms. The maximum absolute atomic E-state index is 12.5. The van der Waals surface area contributed by atoms with Crippen molar-refractivity contribution in [3.05, 3.63) is 35.5 Å². The van der Waals surface area contributed by atoms with Gasteiger partial charge in [0.05, 0.1) is 24.4 Å². The standard InChI is InChI=1S/C33H49NO7/c1-5-20(7-9-22(36)6-2)24-13-16-33(39)26-10-8-21-17-23(11-14-31(21,3)25(26)12-15-32(24,33)4)41-30-29(38)28(37)27(18-40-30)34-19-35/h5,7,9,17,19,23-30,37-39H,6,8,10-16,18H2,1-4H3,(H,34,35)/b9-7-,20-5+. The second kappa shape index (κ2) is 11.7. The van der Waals surface area contributed by atoms with Crippen LogP contribution >= 0.6 is 0 Å². The third kappa shape index (κ3) is 5.07. The van der Waals surface area contributed by atoms with Gasteiger partial charge in [-0.1, -0.05) is 44.6 Å². The van der Waals surface area contributed by atoms with Crippen LogP contribution in [0.2, 0.25) is 0 Å². The number of nitrogens with one attached hydrogen (secondary N) is 1. The van der Waals surface area contributed by atoms with Crippen LogP contribution in [-0.2, 0) is 19.1 Å². The van der Waals surface area contributed by atoms with Crippen LogP contribution in [0.5, 0.6) is 0 Å². The molecule has 1 amide bonds. The molecule has 4 aliphatic carbocycles. The zero-order valence-corrected chi connectivity index (χ0v) is 25.1. The summed E-state index contributed by atoms with van der Waals surface area (Å²) < 4.78 is 11.8. The first-order chi connectivity index (χ1) is 19.5. The van der Waals surface area contributed by atoms with Gasteiger partial charge in [0.25, 0.3) is 0 Å². The van der Waals surface area contributed by atoms with E-state index in [1.807, 2.05) is 19.9 Å². The summed E-state index contributed by atoms with van der Waals surface area (Å²) >= 11 is 0. The molecule has 0 radical (unpaired) electrons. The van der Waals surface area contributed by atoms with Crippen molar-refractivity contribution in [1.82, 2.24) is 5.32 Å². The van der Waals surface area contributed by atoms with Crippen molar-refractivity contribution >= 4 is 12.2 Å². The molecule has 0 aromatic carbocycles. The summed E-state index contributed by atoms with van der Waals surface area (Å²) in [5.74, 6) is 0.989. The molecule has 4 fully saturated rings. The summed E-state index contributed by atoms with van der Waals surface area (Å²) in [5.41, 5.74) is 1.58. The first kappa shape index (κ1) is 30.6. The number of hydrogen-bond acceptors (Lipinski definition) is 7. The van der Waals surface area contributed by atoms with Gasteiger partial charge < -0.3 is 30.1 Å². The molecule has 4 N–H and O–H groups in total. The van der Waals surface area contributed by atoms with Gasteiger partial charge in [0.2, 0.25) is 6.41 Å². The maximum Gasteiger partial charge on any atom is 0.207 e. The minimum Gasteiger partial charge on any atom is -0.389 e. The molecule has 8 nitrogen and oxygen atoms in total. The third-order valence-electron chi connectivity index (χ3n) is 11.9. The van der Waals surface area contributed by atoms with Crippen LogP contribution in [0.25, 0.3) is 0 Å². The lowest BCUT2D eigenvalue weighted by atomic mass is 9.45. The summed E-state index contributed by atoms with van der Waals surface area (Å²) in [6.45, 7) is 8.65. The molecule has 41 heavy (non-hydrogen) atoms. The highest BCUT2D eigenvalue weighted by Crippen LogP contribution is 2.69. The third-order valence-corrected chi connectivity index (χ3v) is 11.9. The summed E-state index contributed by atoms with van der Waals surface area (Å²) in [6.07, 6.45) is 12.8. The zero-order chi connectivity index (χ0) is 29.6. The number of carbonyl (C=O) groups excluding carboxylic acids is 2. The van der Waals surface area contributed by atoms with E-state index >= 15 is 0 Å². The van der Waals surface area contributed by atoms with Crippen LogP contribution in [0.3, 0.4) is 0 Å². The molecule has 5 aliphatic rings. The number of ether oxygens (including phenoxy) is 2. The Kier molecular flexibility index (Phi) is 8.72. The Morgan fingerprint density at radius 1 is 1.10 bits per heavy atom. The second-order valence-corrected chi connectivity index (χ2v) is 13.6. The Morgan fingerprint density at radius 3 is 2.59 bits per heavy atom. The molecule has 5 rings (SSSR count). The van der Waals surface area contributed by atoms with Crippen molar-refractivity contribution in [1.29, 1.82) is 0 Å². The number of hydrogen-bond donors (Lipinski definition) is 4. The molecule has 11 atom stereocenters. The van der Waals surface area contributed by atoms with Crippen LogP contribution in [-0.4, -0.2) is 70.4 Å². The number of allylic oxidation sites excluding steroid dienone is 5. The molecule has 0 aromatic rings. The van der Waals surface area contributed by atoms with E-state index in [2.05, 4.69) is 31.3 Å². The molecule has 11 unspecified atom stereocenters. The number of carbonyl (C=O) groups is 2. The quantitative estimate of drug-likeness (QED) is 0.151. The number of ketones is 1. The zero-order valence-electron chi connectivity index (χ0n) is 25.1. The molecular formula is C33H49NO7. The van der Waals surface area contributed by atoms with Crippen molar-refractivity contribution in [2.75, 3.05) is 6.61 Å². The monoisotopic (exact) mass is 571 g/mol. The minimum absolute atomic E-state index is 0.0146. The summed E-state index contributed by atoms with van der Waals surface area (Å²) in [6, 6.07) is -0.664. The second-order valence-electron chi connectivity index (χ2n) is 13.6. The van der Waals surface area contributed by atoms with E-state index in [0.717, 1.165) is 51.4 Å². The van der Waals surface area contributed by atoms with Crippen LogP contribution in [0.1, 0.15) is 85.5 Å². The lowest BCUT2D eigenvalue weighted by Crippen LogP contribution is -2.61. The number of fused-ring (bicyclic) bond motifs is 5. The van der Waals surface area contributed by atoms with E-state index in [1.165, 1.54) is 11.1 Å². The lowest BCUT2D eigenvalue weighted by Gasteiger charge is -2.62. The van der Waals surface area contributed by atoms with Gasteiger partial charge in [-0.15, -0.1) is 0 Å². The SMILES string of the molecule is C/C=C(\C=C/C(=O)CC)C1CCC2(O)C3CCC4=CC(OC5OCC(NC=O)C(O)C5O)CCC4(C)C3CCC12C. The molecule has 3 saturated carbocycles. The van der Waals surface area contributed by atoms with Gasteiger partial charge in [-0.05, 0) is 93.1 Å². The van der Waals surface area contributed by atoms with E-state index in [4.69, 9.17) is 9.47 Å². The molecule has 0 bridgehead atoms. The summed E-state index contributed by atoms with van der Waals surface area (Å²) in [4.78, 5) is 22.8. The maximum atomic E-state index is 12.5. The summed E-state index contributed by atoms with van der Waals surface area (Å²) in [7, 11) is 0. The number of aliphatic hydroxyl groups excluding tert-OH is 2.